The molecular weight excluding hydrogens is 267 g/mol. The maximum atomic E-state index is 13.2. The van der Waals surface area contributed by atoms with Crippen LogP contribution in [0, 0.1) is 12.7 Å². The molecule has 1 unspecified atom stereocenters. The lowest BCUT2D eigenvalue weighted by Crippen LogP contribution is -2.29. The monoisotopic (exact) mass is 284 g/mol. The third kappa shape index (κ3) is 2.82. The topological polar surface area (TPSA) is 51.2 Å². The normalized spacial score (nSPS) is 12.7. The van der Waals surface area contributed by atoms with Gasteiger partial charge in [0, 0.05) is 5.39 Å². The summed E-state index contributed by atoms with van der Waals surface area (Å²) in [6, 6.07) is 14.4. The molecule has 0 aliphatic rings. The van der Waals surface area contributed by atoms with Gasteiger partial charge in [-0.15, -0.1) is 0 Å². The Hall–Kier alpha value is -2.17. The van der Waals surface area contributed by atoms with Gasteiger partial charge in [-0.1, -0.05) is 24.3 Å². The number of furan rings is 1. The van der Waals surface area contributed by atoms with Crippen LogP contribution in [0.2, 0.25) is 0 Å². The van der Waals surface area contributed by atoms with E-state index in [2.05, 4.69) is 5.43 Å². The van der Waals surface area contributed by atoms with Crippen LogP contribution in [0.25, 0.3) is 11.0 Å². The number of hydrogen-bond donors (Lipinski definition) is 2. The predicted molar refractivity (Wildman–Crippen MR) is 81.1 cm³/mol. The minimum Gasteiger partial charge on any atom is -0.459 e. The molecule has 3 aromatic rings. The summed E-state index contributed by atoms with van der Waals surface area (Å²) in [5.74, 6) is 6.23. The summed E-state index contributed by atoms with van der Waals surface area (Å²) in [4.78, 5) is 0. The number of aryl methyl sites for hydroxylation is 1. The van der Waals surface area contributed by atoms with Gasteiger partial charge in [0.2, 0.25) is 0 Å². The number of benzene rings is 2. The van der Waals surface area contributed by atoms with E-state index in [1.807, 2.05) is 37.3 Å². The second kappa shape index (κ2) is 5.68. The summed E-state index contributed by atoms with van der Waals surface area (Å²) in [5.41, 5.74) is 5.57. The molecule has 0 aliphatic carbocycles. The van der Waals surface area contributed by atoms with E-state index in [9.17, 15) is 4.39 Å². The third-order valence-corrected chi connectivity index (χ3v) is 3.72. The number of nitrogens with one attached hydrogen (secondary N) is 1. The van der Waals surface area contributed by atoms with Gasteiger partial charge in [-0.05, 0) is 48.7 Å². The summed E-state index contributed by atoms with van der Waals surface area (Å²) < 4.78 is 19.0. The summed E-state index contributed by atoms with van der Waals surface area (Å²) in [7, 11) is 0. The average Bonchev–Trinajstić information content (AvgIpc) is 2.90. The highest BCUT2D eigenvalue weighted by Crippen LogP contribution is 2.26. The molecule has 0 bridgehead atoms. The van der Waals surface area contributed by atoms with Crippen molar-refractivity contribution in [3.63, 3.8) is 0 Å². The van der Waals surface area contributed by atoms with E-state index < -0.39 is 0 Å². The predicted octanol–water partition coefficient (Wildman–Crippen LogP) is 3.63. The van der Waals surface area contributed by atoms with Crippen molar-refractivity contribution in [1.82, 2.24) is 5.43 Å². The van der Waals surface area contributed by atoms with Crippen molar-refractivity contribution < 1.29 is 8.81 Å². The number of para-hydroxylation sites is 1. The van der Waals surface area contributed by atoms with Crippen molar-refractivity contribution in [2.75, 3.05) is 0 Å². The van der Waals surface area contributed by atoms with E-state index in [1.165, 1.54) is 12.1 Å². The molecule has 0 aliphatic heterocycles. The molecule has 1 aromatic heterocycles. The van der Waals surface area contributed by atoms with Crippen LogP contribution in [0.3, 0.4) is 0 Å². The lowest BCUT2D eigenvalue weighted by Gasteiger charge is -2.15. The first-order valence-electron chi connectivity index (χ1n) is 6.87. The zero-order valence-corrected chi connectivity index (χ0v) is 11.8. The molecule has 0 radical (unpaired) electrons. The largest absolute Gasteiger partial charge is 0.459 e. The van der Waals surface area contributed by atoms with Crippen molar-refractivity contribution in [2.24, 2.45) is 5.84 Å². The molecule has 21 heavy (non-hydrogen) atoms. The Balaban J connectivity index is 1.90. The third-order valence-electron chi connectivity index (χ3n) is 3.72. The van der Waals surface area contributed by atoms with E-state index in [0.717, 1.165) is 27.9 Å². The van der Waals surface area contributed by atoms with Gasteiger partial charge >= 0.3 is 0 Å². The average molecular weight is 284 g/mol. The molecule has 0 amide bonds. The molecule has 1 atom stereocenters. The summed E-state index contributed by atoms with van der Waals surface area (Å²) in [5, 5.41) is 1.04. The minimum absolute atomic E-state index is 0.151. The molecule has 0 fully saturated rings. The summed E-state index contributed by atoms with van der Waals surface area (Å²) in [6.07, 6.45) is 0.641. The molecule has 3 nitrogen and oxygen atoms in total. The standard InChI is InChI=1S/C17H17FN2O/c1-11-8-14(18)7-6-12(11)9-15(20-19)17-10-13-4-2-3-5-16(13)21-17/h2-8,10,15,20H,9,19H2,1H3. The molecular formula is C17H17FN2O. The first-order chi connectivity index (χ1) is 10.2. The van der Waals surface area contributed by atoms with Crippen LogP contribution in [0.4, 0.5) is 4.39 Å². The first-order valence-corrected chi connectivity index (χ1v) is 6.87. The number of hydrogen-bond acceptors (Lipinski definition) is 3. The van der Waals surface area contributed by atoms with Gasteiger partial charge in [-0.25, -0.2) is 9.82 Å². The molecule has 0 spiro atoms. The number of hydrazine groups is 1. The SMILES string of the molecule is Cc1cc(F)ccc1CC(NN)c1cc2ccccc2o1. The summed E-state index contributed by atoms with van der Waals surface area (Å²) in [6.45, 7) is 1.89. The zero-order valence-electron chi connectivity index (χ0n) is 11.8. The Kier molecular flexibility index (Phi) is 3.73. The molecule has 108 valence electrons. The van der Waals surface area contributed by atoms with Crippen LogP contribution in [0.15, 0.2) is 52.9 Å². The van der Waals surface area contributed by atoms with Crippen molar-refractivity contribution >= 4 is 11.0 Å². The Labute approximate surface area is 122 Å². The lowest BCUT2D eigenvalue weighted by atomic mass is 10.00. The van der Waals surface area contributed by atoms with E-state index >= 15 is 0 Å². The summed E-state index contributed by atoms with van der Waals surface area (Å²) >= 11 is 0. The molecule has 3 N–H and O–H groups in total. The second-order valence-electron chi connectivity index (χ2n) is 5.18. The minimum atomic E-state index is -0.225. The van der Waals surface area contributed by atoms with Gasteiger partial charge in [0.05, 0.1) is 6.04 Å². The molecule has 4 heteroatoms. The highest BCUT2D eigenvalue weighted by Gasteiger charge is 2.16. The van der Waals surface area contributed by atoms with Gasteiger partial charge in [0.1, 0.15) is 17.2 Å². The van der Waals surface area contributed by atoms with Gasteiger partial charge in [-0.3, -0.25) is 5.84 Å². The number of rotatable bonds is 4. The molecule has 0 saturated carbocycles. The van der Waals surface area contributed by atoms with Crippen LogP contribution in [0.5, 0.6) is 0 Å². The smallest absolute Gasteiger partial charge is 0.134 e. The van der Waals surface area contributed by atoms with E-state index in [1.54, 1.807) is 6.07 Å². The van der Waals surface area contributed by atoms with Gasteiger partial charge in [-0.2, -0.15) is 0 Å². The van der Waals surface area contributed by atoms with Gasteiger partial charge < -0.3 is 4.42 Å². The molecule has 2 aromatic carbocycles. The Morgan fingerprint density at radius 3 is 2.71 bits per heavy atom. The van der Waals surface area contributed by atoms with Gasteiger partial charge in [0.15, 0.2) is 0 Å². The van der Waals surface area contributed by atoms with E-state index in [-0.39, 0.29) is 11.9 Å². The zero-order chi connectivity index (χ0) is 14.8. The highest BCUT2D eigenvalue weighted by atomic mass is 19.1. The van der Waals surface area contributed by atoms with Crippen molar-refractivity contribution in [3.8, 4) is 0 Å². The van der Waals surface area contributed by atoms with Gasteiger partial charge in [0.25, 0.3) is 0 Å². The van der Waals surface area contributed by atoms with Crippen molar-refractivity contribution in [2.45, 2.75) is 19.4 Å². The van der Waals surface area contributed by atoms with E-state index in [4.69, 9.17) is 10.3 Å². The van der Waals surface area contributed by atoms with Crippen LogP contribution in [-0.4, -0.2) is 0 Å². The Bertz CT molecular complexity index is 733. The number of fused-ring (bicyclic) bond motifs is 1. The molecule has 3 rings (SSSR count). The highest BCUT2D eigenvalue weighted by molar-refractivity contribution is 5.77. The van der Waals surface area contributed by atoms with Crippen LogP contribution >= 0.6 is 0 Å². The quantitative estimate of drug-likeness (QED) is 0.568. The molecule has 0 saturated heterocycles. The fourth-order valence-electron chi connectivity index (χ4n) is 2.52. The first kappa shape index (κ1) is 13.8. The van der Waals surface area contributed by atoms with Crippen molar-refractivity contribution in [3.05, 3.63) is 71.2 Å². The fourth-order valence-corrected chi connectivity index (χ4v) is 2.52. The Morgan fingerprint density at radius 2 is 2.00 bits per heavy atom. The second-order valence-corrected chi connectivity index (χ2v) is 5.18. The van der Waals surface area contributed by atoms with E-state index in [0.29, 0.717) is 6.42 Å². The van der Waals surface area contributed by atoms with Crippen LogP contribution in [-0.2, 0) is 6.42 Å². The Morgan fingerprint density at radius 1 is 1.19 bits per heavy atom. The van der Waals surface area contributed by atoms with Crippen LogP contribution in [0.1, 0.15) is 22.9 Å². The fraction of sp³-hybridized carbons (Fsp3) is 0.176. The van der Waals surface area contributed by atoms with Crippen molar-refractivity contribution in [1.29, 1.82) is 0 Å². The number of halogens is 1. The maximum Gasteiger partial charge on any atom is 0.134 e. The maximum absolute atomic E-state index is 13.2. The number of nitrogens with two attached hydrogens (primary N) is 1. The lowest BCUT2D eigenvalue weighted by molar-refractivity contribution is 0.434. The molecule has 1 heterocycles. The van der Waals surface area contributed by atoms with Crippen LogP contribution < -0.4 is 11.3 Å².